The number of carboxylic acids is 1. The molecule has 0 bridgehead atoms. The summed E-state index contributed by atoms with van der Waals surface area (Å²) in [5, 5.41) is 15.3. The van der Waals surface area contributed by atoms with Crippen LogP contribution in [-0.2, 0) is 0 Å². The summed E-state index contributed by atoms with van der Waals surface area (Å²) in [6.07, 6.45) is 0. The summed E-state index contributed by atoms with van der Waals surface area (Å²) in [6, 6.07) is 17.1. The molecule has 3 aromatic carbocycles. The van der Waals surface area contributed by atoms with Crippen molar-refractivity contribution in [3.05, 3.63) is 89.0 Å². The molecule has 8 nitrogen and oxygen atoms in total. The van der Waals surface area contributed by atoms with E-state index in [9.17, 15) is 24.3 Å². The molecule has 5 N–H and O–H groups in total. The van der Waals surface area contributed by atoms with E-state index < -0.39 is 17.8 Å². The average Bonchev–Trinajstić information content (AvgIpc) is 2.82. The minimum atomic E-state index is -1.22. The lowest BCUT2D eigenvalue weighted by molar-refractivity contribution is 0.0697. The molecule has 8 heteroatoms. The topological polar surface area (TPSA) is 139 Å². The molecule has 174 valence electrons. The highest BCUT2D eigenvalue weighted by Gasteiger charge is 2.20. The normalized spacial score (nSPS) is 10.6. The zero-order chi connectivity index (χ0) is 24.8. The second-order valence-corrected chi connectivity index (χ2v) is 8.11. The quantitative estimate of drug-likeness (QED) is 0.406. The van der Waals surface area contributed by atoms with E-state index in [1.807, 2.05) is 13.8 Å². The van der Waals surface area contributed by atoms with Gasteiger partial charge in [0.15, 0.2) is 0 Å². The van der Waals surface area contributed by atoms with Gasteiger partial charge in [0.2, 0.25) is 5.91 Å². The third-order valence-corrected chi connectivity index (χ3v) is 5.05. The van der Waals surface area contributed by atoms with Gasteiger partial charge in [-0.2, -0.15) is 0 Å². The molecular formula is C26H25N3O5. The lowest BCUT2D eigenvalue weighted by Gasteiger charge is -2.14. The van der Waals surface area contributed by atoms with Gasteiger partial charge < -0.3 is 21.5 Å². The van der Waals surface area contributed by atoms with E-state index in [2.05, 4.69) is 10.6 Å². The summed E-state index contributed by atoms with van der Waals surface area (Å²) in [4.78, 5) is 48.9. The van der Waals surface area contributed by atoms with Crippen LogP contribution in [0.25, 0.3) is 11.1 Å². The molecule has 0 atom stereocenters. The Morgan fingerprint density at radius 2 is 1.53 bits per heavy atom. The highest BCUT2D eigenvalue weighted by molar-refractivity contribution is 6.11. The lowest BCUT2D eigenvalue weighted by atomic mass is 9.93. The van der Waals surface area contributed by atoms with Crippen LogP contribution < -0.4 is 16.4 Å². The van der Waals surface area contributed by atoms with Crippen LogP contribution in [0.1, 0.15) is 55.3 Å². The molecule has 0 fully saturated rings. The van der Waals surface area contributed by atoms with E-state index in [1.165, 1.54) is 30.3 Å². The molecule has 0 aliphatic rings. The van der Waals surface area contributed by atoms with Gasteiger partial charge in [-0.25, -0.2) is 4.79 Å². The molecular weight excluding hydrogens is 434 g/mol. The predicted molar refractivity (Wildman–Crippen MR) is 129 cm³/mol. The minimum Gasteiger partial charge on any atom is -0.478 e. The van der Waals surface area contributed by atoms with E-state index in [-0.39, 0.29) is 34.1 Å². The molecule has 0 unspecified atom stereocenters. The van der Waals surface area contributed by atoms with E-state index in [0.29, 0.717) is 23.4 Å². The predicted octanol–water partition coefficient (Wildman–Crippen LogP) is 3.79. The fourth-order valence-corrected chi connectivity index (χ4v) is 3.36. The number of hydrogen-bond acceptors (Lipinski definition) is 4. The van der Waals surface area contributed by atoms with E-state index in [0.717, 1.165) is 0 Å². The maximum atomic E-state index is 13.1. The van der Waals surface area contributed by atoms with E-state index in [1.54, 1.807) is 36.4 Å². The van der Waals surface area contributed by atoms with Crippen LogP contribution in [0.5, 0.6) is 0 Å². The van der Waals surface area contributed by atoms with Gasteiger partial charge >= 0.3 is 5.97 Å². The summed E-state index contributed by atoms with van der Waals surface area (Å²) in [7, 11) is 0. The SMILES string of the molecule is CC(C)CNC(=O)c1ccc(-c2ccccc2C(=O)Nc2cccc(C(N)=O)c2)c(C(=O)O)c1. The Bertz CT molecular complexity index is 1270. The Morgan fingerprint density at radius 3 is 2.21 bits per heavy atom. The van der Waals surface area contributed by atoms with Crippen LogP contribution in [0.3, 0.4) is 0 Å². The third kappa shape index (κ3) is 5.66. The molecule has 3 rings (SSSR count). The molecule has 34 heavy (non-hydrogen) atoms. The minimum absolute atomic E-state index is 0.104. The number of primary amides is 1. The van der Waals surface area contributed by atoms with Crippen LogP contribution in [0.4, 0.5) is 5.69 Å². The summed E-state index contributed by atoms with van der Waals surface area (Å²) in [5.41, 5.74) is 6.93. The average molecular weight is 460 g/mol. The molecule has 3 aromatic rings. The van der Waals surface area contributed by atoms with Crippen molar-refractivity contribution in [1.82, 2.24) is 5.32 Å². The maximum Gasteiger partial charge on any atom is 0.336 e. The summed E-state index contributed by atoms with van der Waals surface area (Å²) in [6.45, 7) is 4.37. The van der Waals surface area contributed by atoms with Gasteiger partial charge in [-0.15, -0.1) is 0 Å². The standard InChI is InChI=1S/C26H25N3O5/c1-15(2)14-28-24(31)17-10-11-20(22(13-17)26(33)34)19-8-3-4-9-21(19)25(32)29-18-7-5-6-16(12-18)23(27)30/h3-13,15H,14H2,1-2H3,(H2,27,30)(H,28,31)(H,29,32)(H,33,34). The number of benzene rings is 3. The van der Waals surface area contributed by atoms with Gasteiger partial charge in [0, 0.05) is 28.9 Å². The zero-order valence-corrected chi connectivity index (χ0v) is 18.8. The number of nitrogens with two attached hydrogens (primary N) is 1. The van der Waals surface area contributed by atoms with Crippen molar-refractivity contribution in [1.29, 1.82) is 0 Å². The molecule has 0 radical (unpaired) electrons. The number of hydrogen-bond donors (Lipinski definition) is 4. The zero-order valence-electron chi connectivity index (χ0n) is 18.8. The van der Waals surface area contributed by atoms with Gasteiger partial charge in [-0.3, -0.25) is 14.4 Å². The smallest absolute Gasteiger partial charge is 0.336 e. The summed E-state index contributed by atoms with van der Waals surface area (Å²) in [5.74, 6) is -2.47. The molecule has 0 spiro atoms. The summed E-state index contributed by atoms with van der Waals surface area (Å²) < 4.78 is 0. The fraction of sp³-hybridized carbons (Fsp3) is 0.154. The molecule has 0 aliphatic carbocycles. The van der Waals surface area contributed by atoms with Crippen molar-refractivity contribution < 1.29 is 24.3 Å². The molecule has 0 aromatic heterocycles. The lowest BCUT2D eigenvalue weighted by Crippen LogP contribution is -2.27. The van der Waals surface area contributed by atoms with Crippen molar-refractivity contribution in [2.45, 2.75) is 13.8 Å². The molecule has 0 heterocycles. The van der Waals surface area contributed by atoms with Crippen molar-refractivity contribution in [2.24, 2.45) is 11.7 Å². The van der Waals surface area contributed by atoms with Crippen LogP contribution >= 0.6 is 0 Å². The number of nitrogens with one attached hydrogen (secondary N) is 2. The number of aromatic carboxylic acids is 1. The van der Waals surface area contributed by atoms with Crippen LogP contribution in [0.2, 0.25) is 0 Å². The largest absolute Gasteiger partial charge is 0.478 e. The van der Waals surface area contributed by atoms with Crippen molar-refractivity contribution >= 4 is 29.4 Å². The van der Waals surface area contributed by atoms with Crippen LogP contribution in [0.15, 0.2) is 66.7 Å². The first kappa shape index (κ1) is 24.2. The van der Waals surface area contributed by atoms with E-state index in [4.69, 9.17) is 5.73 Å². The number of amides is 3. The van der Waals surface area contributed by atoms with Crippen molar-refractivity contribution in [3.63, 3.8) is 0 Å². The summed E-state index contributed by atoms with van der Waals surface area (Å²) >= 11 is 0. The van der Waals surface area contributed by atoms with Gasteiger partial charge in [-0.05, 0) is 53.4 Å². The molecule has 0 saturated carbocycles. The van der Waals surface area contributed by atoms with Gasteiger partial charge in [-0.1, -0.05) is 44.2 Å². The van der Waals surface area contributed by atoms with Gasteiger partial charge in [0.25, 0.3) is 11.8 Å². The van der Waals surface area contributed by atoms with Crippen molar-refractivity contribution in [2.75, 3.05) is 11.9 Å². The number of carbonyl (C=O) groups is 4. The highest BCUT2D eigenvalue weighted by atomic mass is 16.4. The molecule has 3 amide bonds. The number of carboxylic acid groups (broad SMARTS) is 1. The van der Waals surface area contributed by atoms with Crippen LogP contribution in [-0.4, -0.2) is 35.3 Å². The second kappa shape index (κ2) is 10.4. The Morgan fingerprint density at radius 1 is 0.824 bits per heavy atom. The Balaban J connectivity index is 1.97. The number of anilines is 1. The second-order valence-electron chi connectivity index (χ2n) is 8.11. The molecule has 0 saturated heterocycles. The fourth-order valence-electron chi connectivity index (χ4n) is 3.36. The van der Waals surface area contributed by atoms with E-state index >= 15 is 0 Å². The monoisotopic (exact) mass is 459 g/mol. The first-order valence-corrected chi connectivity index (χ1v) is 10.6. The van der Waals surface area contributed by atoms with Crippen molar-refractivity contribution in [3.8, 4) is 11.1 Å². The third-order valence-electron chi connectivity index (χ3n) is 5.05. The van der Waals surface area contributed by atoms with Gasteiger partial charge in [0.1, 0.15) is 0 Å². The highest BCUT2D eigenvalue weighted by Crippen LogP contribution is 2.29. The Labute approximate surface area is 196 Å². The first-order valence-electron chi connectivity index (χ1n) is 10.6. The Kier molecular flexibility index (Phi) is 7.43. The maximum absolute atomic E-state index is 13.1. The van der Waals surface area contributed by atoms with Gasteiger partial charge in [0.05, 0.1) is 5.56 Å². The molecule has 0 aliphatic heterocycles. The number of carbonyl (C=O) groups excluding carboxylic acids is 3. The number of rotatable bonds is 8. The Hall–Kier alpha value is -4.46. The van der Waals surface area contributed by atoms with Crippen LogP contribution in [0, 0.1) is 5.92 Å². The first-order chi connectivity index (χ1) is 16.2.